The van der Waals surface area contributed by atoms with Crippen molar-refractivity contribution in [1.82, 2.24) is 4.72 Å². The van der Waals surface area contributed by atoms with Gasteiger partial charge in [-0.3, -0.25) is 0 Å². The molecule has 18 heavy (non-hydrogen) atoms. The van der Waals surface area contributed by atoms with Gasteiger partial charge >= 0.3 is 0 Å². The summed E-state index contributed by atoms with van der Waals surface area (Å²) in [4.78, 5) is 0.116. The van der Waals surface area contributed by atoms with Crippen LogP contribution in [0.15, 0.2) is 21.6 Å². The van der Waals surface area contributed by atoms with E-state index in [1.165, 1.54) is 12.3 Å². The third-order valence-corrected chi connectivity index (χ3v) is 4.01. The number of furan rings is 1. The molecule has 2 N–H and O–H groups in total. The van der Waals surface area contributed by atoms with Gasteiger partial charge in [-0.2, -0.15) is 0 Å². The molecule has 0 amide bonds. The van der Waals surface area contributed by atoms with E-state index in [1.807, 2.05) is 20.8 Å². The first-order valence-electron chi connectivity index (χ1n) is 5.84. The predicted molar refractivity (Wildman–Crippen MR) is 68.7 cm³/mol. The second kappa shape index (κ2) is 5.42. The standard InChI is InChI=1S/C12H21NO4S/c1-9-11(5-6-17-9)18(15,16)13-8-10(14)7-12(2,3)4/h5-6,10,13-14H,7-8H2,1-4H3. The van der Waals surface area contributed by atoms with E-state index in [1.54, 1.807) is 6.92 Å². The molecule has 0 aliphatic rings. The molecule has 0 aliphatic carbocycles. The van der Waals surface area contributed by atoms with Crippen LogP contribution in [0.25, 0.3) is 0 Å². The Morgan fingerprint density at radius 2 is 2.06 bits per heavy atom. The Balaban J connectivity index is 2.61. The number of aliphatic hydroxyl groups excluding tert-OH is 1. The summed E-state index contributed by atoms with van der Waals surface area (Å²) < 4.78 is 31.1. The van der Waals surface area contributed by atoms with Crippen molar-refractivity contribution in [3.05, 3.63) is 18.1 Å². The summed E-state index contributed by atoms with van der Waals surface area (Å²) in [5.74, 6) is 0.341. The topological polar surface area (TPSA) is 79.5 Å². The van der Waals surface area contributed by atoms with Gasteiger partial charge in [0.05, 0.1) is 12.4 Å². The highest BCUT2D eigenvalue weighted by Crippen LogP contribution is 2.21. The van der Waals surface area contributed by atoms with Crippen molar-refractivity contribution in [2.75, 3.05) is 6.54 Å². The van der Waals surface area contributed by atoms with Crippen molar-refractivity contribution < 1.29 is 17.9 Å². The zero-order valence-corrected chi connectivity index (χ0v) is 12.0. The first kappa shape index (κ1) is 15.2. The number of rotatable bonds is 5. The molecule has 0 spiro atoms. The number of hydrogen-bond acceptors (Lipinski definition) is 4. The third kappa shape index (κ3) is 4.44. The molecule has 1 unspecified atom stereocenters. The maximum Gasteiger partial charge on any atom is 0.244 e. The molecule has 0 saturated carbocycles. The van der Waals surface area contributed by atoms with Crippen LogP contribution in [0, 0.1) is 12.3 Å². The van der Waals surface area contributed by atoms with Crippen LogP contribution in [0.4, 0.5) is 0 Å². The van der Waals surface area contributed by atoms with Gasteiger partial charge in [-0.15, -0.1) is 0 Å². The van der Waals surface area contributed by atoms with Crippen LogP contribution < -0.4 is 4.72 Å². The number of nitrogens with one attached hydrogen (secondary N) is 1. The Hall–Kier alpha value is -0.850. The van der Waals surface area contributed by atoms with Crippen LogP contribution in [-0.4, -0.2) is 26.2 Å². The van der Waals surface area contributed by atoms with Gasteiger partial charge < -0.3 is 9.52 Å². The quantitative estimate of drug-likeness (QED) is 0.856. The lowest BCUT2D eigenvalue weighted by molar-refractivity contribution is 0.125. The van der Waals surface area contributed by atoms with E-state index >= 15 is 0 Å². The minimum atomic E-state index is -3.60. The average Bonchev–Trinajstić information content (AvgIpc) is 2.60. The molecule has 1 heterocycles. The smallest absolute Gasteiger partial charge is 0.244 e. The molecule has 6 heteroatoms. The van der Waals surface area contributed by atoms with E-state index in [-0.39, 0.29) is 16.9 Å². The summed E-state index contributed by atoms with van der Waals surface area (Å²) in [7, 11) is -3.60. The van der Waals surface area contributed by atoms with Gasteiger partial charge in [-0.1, -0.05) is 20.8 Å². The highest BCUT2D eigenvalue weighted by atomic mass is 32.2. The maximum atomic E-state index is 11.9. The number of sulfonamides is 1. The fraction of sp³-hybridized carbons (Fsp3) is 0.667. The third-order valence-electron chi connectivity index (χ3n) is 2.46. The van der Waals surface area contributed by atoms with Crippen molar-refractivity contribution in [1.29, 1.82) is 0 Å². The minimum Gasteiger partial charge on any atom is -0.468 e. The van der Waals surface area contributed by atoms with Crippen LogP contribution in [0.1, 0.15) is 33.0 Å². The van der Waals surface area contributed by atoms with Gasteiger partial charge in [0.1, 0.15) is 10.7 Å². The Morgan fingerprint density at radius 1 is 1.44 bits per heavy atom. The molecule has 1 rings (SSSR count). The van der Waals surface area contributed by atoms with E-state index in [9.17, 15) is 13.5 Å². The molecule has 0 aromatic carbocycles. The molecule has 0 fully saturated rings. The van der Waals surface area contributed by atoms with Crippen LogP contribution in [0.2, 0.25) is 0 Å². The predicted octanol–water partition coefficient (Wildman–Crippen LogP) is 1.66. The normalized spacial score (nSPS) is 14.7. The summed E-state index contributed by atoms with van der Waals surface area (Å²) in [6.07, 6.45) is 1.15. The molecule has 5 nitrogen and oxygen atoms in total. The van der Waals surface area contributed by atoms with E-state index in [0.717, 1.165) is 0 Å². The average molecular weight is 275 g/mol. The van der Waals surface area contributed by atoms with Gasteiger partial charge in [0.15, 0.2) is 0 Å². The Morgan fingerprint density at radius 3 is 2.50 bits per heavy atom. The molecule has 1 aromatic heterocycles. The van der Waals surface area contributed by atoms with Gasteiger partial charge in [0, 0.05) is 6.54 Å². The van der Waals surface area contributed by atoms with Crippen molar-refractivity contribution in [3.8, 4) is 0 Å². The highest BCUT2D eigenvalue weighted by Gasteiger charge is 2.22. The molecular formula is C12H21NO4S. The summed E-state index contributed by atoms with van der Waals surface area (Å²) in [5.41, 5.74) is -0.0452. The van der Waals surface area contributed by atoms with Gasteiger partial charge in [0.25, 0.3) is 0 Å². The fourth-order valence-corrected chi connectivity index (χ4v) is 2.94. The molecule has 0 bridgehead atoms. The lowest BCUT2D eigenvalue weighted by atomic mass is 9.89. The molecular weight excluding hydrogens is 254 g/mol. The van der Waals surface area contributed by atoms with Crippen LogP contribution in [0.5, 0.6) is 0 Å². The monoisotopic (exact) mass is 275 g/mol. The van der Waals surface area contributed by atoms with E-state index < -0.39 is 16.1 Å². The van der Waals surface area contributed by atoms with Crippen molar-refractivity contribution in [2.45, 2.75) is 45.1 Å². The summed E-state index contributed by atoms with van der Waals surface area (Å²) >= 11 is 0. The Kier molecular flexibility index (Phi) is 4.58. The first-order chi connectivity index (χ1) is 8.12. The van der Waals surface area contributed by atoms with Crippen LogP contribution in [-0.2, 0) is 10.0 Å². The molecule has 0 radical (unpaired) electrons. The number of hydrogen-bond donors (Lipinski definition) is 2. The van der Waals surface area contributed by atoms with Crippen molar-refractivity contribution in [2.24, 2.45) is 5.41 Å². The largest absolute Gasteiger partial charge is 0.468 e. The molecule has 1 atom stereocenters. The zero-order chi connectivity index (χ0) is 14.0. The zero-order valence-electron chi connectivity index (χ0n) is 11.2. The van der Waals surface area contributed by atoms with Gasteiger partial charge in [0.2, 0.25) is 10.0 Å². The lowest BCUT2D eigenvalue weighted by Gasteiger charge is -2.22. The first-order valence-corrected chi connectivity index (χ1v) is 7.32. The van der Waals surface area contributed by atoms with Crippen molar-refractivity contribution in [3.63, 3.8) is 0 Å². The summed E-state index contributed by atoms with van der Waals surface area (Å²) in [6, 6.07) is 1.40. The number of aliphatic hydroxyl groups is 1. The molecule has 1 aromatic rings. The van der Waals surface area contributed by atoms with Crippen LogP contribution >= 0.6 is 0 Å². The second-order valence-electron chi connectivity index (χ2n) is 5.61. The fourth-order valence-electron chi connectivity index (χ4n) is 1.71. The second-order valence-corrected chi connectivity index (χ2v) is 7.35. The van der Waals surface area contributed by atoms with E-state index in [2.05, 4.69) is 4.72 Å². The molecule has 0 aliphatic heterocycles. The Bertz CT molecular complexity index is 484. The minimum absolute atomic E-state index is 0.00419. The summed E-state index contributed by atoms with van der Waals surface area (Å²) in [6.45, 7) is 7.56. The lowest BCUT2D eigenvalue weighted by Crippen LogP contribution is -2.34. The maximum absolute atomic E-state index is 11.9. The Labute approximate surface area is 108 Å². The number of aryl methyl sites for hydroxylation is 1. The SMILES string of the molecule is Cc1occc1S(=O)(=O)NCC(O)CC(C)(C)C. The van der Waals surface area contributed by atoms with E-state index in [4.69, 9.17) is 4.42 Å². The van der Waals surface area contributed by atoms with Crippen LogP contribution in [0.3, 0.4) is 0 Å². The van der Waals surface area contributed by atoms with Gasteiger partial charge in [-0.25, -0.2) is 13.1 Å². The van der Waals surface area contributed by atoms with Crippen molar-refractivity contribution >= 4 is 10.0 Å². The highest BCUT2D eigenvalue weighted by molar-refractivity contribution is 7.89. The van der Waals surface area contributed by atoms with Gasteiger partial charge in [-0.05, 0) is 24.8 Å². The van der Waals surface area contributed by atoms with E-state index in [0.29, 0.717) is 12.2 Å². The molecule has 104 valence electrons. The molecule has 0 saturated heterocycles. The summed E-state index contributed by atoms with van der Waals surface area (Å²) in [5, 5.41) is 9.76.